The van der Waals surface area contributed by atoms with Crippen LogP contribution < -0.4 is 0 Å². The van der Waals surface area contributed by atoms with Crippen LogP contribution in [-0.4, -0.2) is 0 Å². The summed E-state index contributed by atoms with van der Waals surface area (Å²) in [4.78, 5) is 0. The molecule has 0 heterocycles. The fourth-order valence-electron chi connectivity index (χ4n) is 6.91. The quantitative estimate of drug-likeness (QED) is 0.332. The topological polar surface area (TPSA) is 0 Å². The van der Waals surface area contributed by atoms with Crippen molar-refractivity contribution in [1.29, 1.82) is 0 Å². The van der Waals surface area contributed by atoms with Crippen LogP contribution in [0.2, 0.25) is 0 Å². The summed E-state index contributed by atoms with van der Waals surface area (Å²) in [5.74, 6) is 0.922. The van der Waals surface area contributed by atoms with Crippen LogP contribution in [0.4, 0.5) is 0 Å². The normalized spacial score (nSPS) is 29.2. The minimum atomic E-state index is 0.0176. The summed E-state index contributed by atoms with van der Waals surface area (Å²) in [6.45, 7) is 0. The van der Waals surface area contributed by atoms with Crippen molar-refractivity contribution in [2.75, 3.05) is 0 Å². The fraction of sp³-hybridized carbons (Fsp3) is 0.125. The van der Waals surface area contributed by atoms with Crippen LogP contribution in [0.3, 0.4) is 0 Å². The van der Waals surface area contributed by atoms with Gasteiger partial charge in [-0.2, -0.15) is 0 Å². The van der Waals surface area contributed by atoms with Crippen molar-refractivity contribution in [3.05, 3.63) is 156 Å². The zero-order valence-corrected chi connectivity index (χ0v) is 17.9. The van der Waals surface area contributed by atoms with E-state index in [1.165, 1.54) is 33.4 Å². The molecule has 4 aromatic rings. The van der Waals surface area contributed by atoms with Gasteiger partial charge in [0.1, 0.15) is 0 Å². The fourth-order valence-corrected chi connectivity index (χ4v) is 6.91. The molecule has 3 aliphatic carbocycles. The van der Waals surface area contributed by atoms with Gasteiger partial charge in [-0.05, 0) is 39.3 Å². The van der Waals surface area contributed by atoms with E-state index in [-0.39, 0.29) is 10.8 Å². The lowest BCUT2D eigenvalue weighted by molar-refractivity contribution is 0.685. The molecule has 0 bridgehead atoms. The summed E-state index contributed by atoms with van der Waals surface area (Å²) < 4.78 is 0. The number of fused-ring (bicyclic) bond motifs is 1. The Bertz CT molecular complexity index is 1240. The average molecular weight is 409 g/mol. The molecule has 0 aromatic heterocycles. The number of hydrogen-bond acceptors (Lipinski definition) is 0. The molecule has 1 fully saturated rings. The Morgan fingerprint density at radius 2 is 0.750 bits per heavy atom. The first-order chi connectivity index (χ1) is 15.9. The molecule has 0 heteroatoms. The van der Waals surface area contributed by atoms with E-state index >= 15 is 0 Å². The summed E-state index contributed by atoms with van der Waals surface area (Å²) in [5, 5.41) is 0. The van der Waals surface area contributed by atoms with E-state index in [9.17, 15) is 0 Å². The number of hydrogen-bond donors (Lipinski definition) is 0. The second-order valence-electron chi connectivity index (χ2n) is 9.36. The second-order valence-corrected chi connectivity index (χ2v) is 9.36. The molecule has 0 amide bonds. The Balaban J connectivity index is 1.53. The molecular weight excluding hydrogens is 384 g/mol. The standard InChI is InChI=1S/C32H24/c1-5-13-23(14-6-1)27-21-31(25-17-9-3-10-18-25)30-29(27)28(24-15-7-2-8-16-24)22-32(30,31)26-19-11-4-12-20-26/h1-22,29-30H. The summed E-state index contributed by atoms with van der Waals surface area (Å²) in [7, 11) is 0. The largest absolute Gasteiger partial charge is 0.0679 e. The number of allylic oxidation sites excluding steroid dienone is 4. The molecule has 0 aliphatic heterocycles. The molecule has 4 aromatic carbocycles. The highest BCUT2D eigenvalue weighted by molar-refractivity contribution is 5.96. The zero-order chi connectivity index (χ0) is 21.2. The molecule has 152 valence electrons. The number of rotatable bonds is 4. The van der Waals surface area contributed by atoms with Crippen LogP contribution in [0.5, 0.6) is 0 Å². The molecule has 0 saturated heterocycles. The molecule has 2 unspecified atom stereocenters. The van der Waals surface area contributed by atoms with Crippen molar-refractivity contribution < 1.29 is 0 Å². The van der Waals surface area contributed by atoms with Gasteiger partial charge in [-0.1, -0.05) is 133 Å². The lowest BCUT2D eigenvalue weighted by atomic mass is 9.80. The Morgan fingerprint density at radius 3 is 1.12 bits per heavy atom. The lowest BCUT2D eigenvalue weighted by Gasteiger charge is -2.22. The van der Waals surface area contributed by atoms with E-state index < -0.39 is 0 Å². The summed E-state index contributed by atoms with van der Waals surface area (Å²) in [5.41, 5.74) is 8.59. The number of benzene rings is 4. The van der Waals surface area contributed by atoms with Crippen molar-refractivity contribution in [3.8, 4) is 0 Å². The Morgan fingerprint density at radius 1 is 0.406 bits per heavy atom. The van der Waals surface area contributed by atoms with Gasteiger partial charge in [0.05, 0.1) is 0 Å². The highest BCUT2D eigenvalue weighted by Crippen LogP contribution is 2.84. The highest BCUT2D eigenvalue weighted by atomic mass is 14.8. The zero-order valence-electron chi connectivity index (χ0n) is 17.9. The molecule has 0 nitrogen and oxygen atoms in total. The highest BCUT2D eigenvalue weighted by Gasteiger charge is 2.83. The van der Waals surface area contributed by atoms with Gasteiger partial charge < -0.3 is 0 Å². The predicted octanol–water partition coefficient (Wildman–Crippen LogP) is 7.30. The SMILES string of the molecule is C1=C(c2ccccc2)C2C(c3ccccc3)=CC3(c4ccccc4)C2C13c1ccccc1. The maximum absolute atomic E-state index is 2.63. The molecule has 32 heavy (non-hydrogen) atoms. The third-order valence-corrected chi connectivity index (χ3v) is 8.07. The Hall–Kier alpha value is -3.64. The maximum atomic E-state index is 2.63. The van der Waals surface area contributed by atoms with Crippen LogP contribution in [0, 0.1) is 11.8 Å². The van der Waals surface area contributed by atoms with Crippen molar-refractivity contribution in [1.82, 2.24) is 0 Å². The third kappa shape index (κ3) is 2.12. The van der Waals surface area contributed by atoms with E-state index in [1.807, 2.05) is 0 Å². The van der Waals surface area contributed by atoms with Crippen LogP contribution in [-0.2, 0) is 10.8 Å². The van der Waals surface area contributed by atoms with Gasteiger partial charge in [-0.25, -0.2) is 0 Å². The van der Waals surface area contributed by atoms with Gasteiger partial charge in [0.2, 0.25) is 0 Å². The van der Waals surface area contributed by atoms with Gasteiger partial charge in [0.15, 0.2) is 0 Å². The van der Waals surface area contributed by atoms with Crippen LogP contribution in [0.25, 0.3) is 11.1 Å². The second kappa shape index (κ2) is 6.43. The lowest BCUT2D eigenvalue weighted by Crippen LogP contribution is -2.19. The van der Waals surface area contributed by atoms with Crippen LogP contribution in [0.1, 0.15) is 22.3 Å². The van der Waals surface area contributed by atoms with Gasteiger partial charge >= 0.3 is 0 Å². The molecule has 3 aliphatic rings. The molecule has 1 saturated carbocycles. The van der Waals surface area contributed by atoms with Crippen LogP contribution >= 0.6 is 0 Å². The van der Waals surface area contributed by atoms with Crippen molar-refractivity contribution in [2.24, 2.45) is 11.8 Å². The van der Waals surface area contributed by atoms with E-state index in [1.54, 1.807) is 0 Å². The first-order valence-electron chi connectivity index (χ1n) is 11.5. The predicted molar refractivity (Wildman–Crippen MR) is 132 cm³/mol. The van der Waals surface area contributed by atoms with Crippen molar-refractivity contribution in [2.45, 2.75) is 10.8 Å². The molecule has 2 atom stereocenters. The monoisotopic (exact) mass is 408 g/mol. The minimum absolute atomic E-state index is 0.0176. The smallest absolute Gasteiger partial charge is 0.0322 e. The average Bonchev–Trinajstić information content (AvgIpc) is 3.12. The Labute approximate surface area is 189 Å². The van der Waals surface area contributed by atoms with Gasteiger partial charge in [-0.15, -0.1) is 0 Å². The maximum Gasteiger partial charge on any atom is 0.0322 e. The molecule has 7 rings (SSSR count). The van der Waals surface area contributed by atoms with Crippen molar-refractivity contribution in [3.63, 3.8) is 0 Å². The third-order valence-electron chi connectivity index (χ3n) is 8.07. The van der Waals surface area contributed by atoms with Gasteiger partial charge in [0, 0.05) is 16.7 Å². The first kappa shape index (κ1) is 18.0. The van der Waals surface area contributed by atoms with Gasteiger partial charge in [-0.3, -0.25) is 0 Å². The summed E-state index contributed by atoms with van der Waals surface area (Å²) in [6, 6.07) is 44.4. The van der Waals surface area contributed by atoms with E-state index in [4.69, 9.17) is 0 Å². The molecule has 0 spiro atoms. The summed E-state index contributed by atoms with van der Waals surface area (Å²) >= 11 is 0. The van der Waals surface area contributed by atoms with Gasteiger partial charge in [0.25, 0.3) is 0 Å². The Kier molecular flexibility index (Phi) is 3.62. The first-order valence-corrected chi connectivity index (χ1v) is 11.5. The van der Waals surface area contributed by atoms with E-state index in [0.29, 0.717) is 11.8 Å². The molecule has 0 radical (unpaired) electrons. The molecule has 0 N–H and O–H groups in total. The summed E-state index contributed by atoms with van der Waals surface area (Å²) in [6.07, 6.45) is 5.26. The van der Waals surface area contributed by atoms with E-state index in [0.717, 1.165) is 0 Å². The van der Waals surface area contributed by atoms with Crippen molar-refractivity contribution >= 4 is 11.1 Å². The van der Waals surface area contributed by atoms with Crippen LogP contribution in [0.15, 0.2) is 133 Å². The minimum Gasteiger partial charge on any atom is -0.0679 e. The van der Waals surface area contributed by atoms with E-state index in [2.05, 4.69) is 133 Å². The molecular formula is C32H24.